The average Bonchev–Trinajstić information content (AvgIpc) is 2.92. The van der Waals surface area contributed by atoms with Gasteiger partial charge in [0.25, 0.3) is 17.4 Å². The number of aromatic nitrogens is 1. The molecule has 2 amide bonds. The van der Waals surface area contributed by atoms with Crippen LogP contribution in [0.25, 0.3) is 5.69 Å². The Labute approximate surface area is 153 Å². The van der Waals surface area contributed by atoms with Gasteiger partial charge in [0.05, 0.1) is 17.2 Å². The predicted octanol–water partition coefficient (Wildman–Crippen LogP) is 2.15. The minimum Gasteiger partial charge on any atom is -0.488 e. The quantitative estimate of drug-likeness (QED) is 0.805. The van der Waals surface area contributed by atoms with Gasteiger partial charge in [-0.05, 0) is 37.8 Å². The number of nitrogens with zero attached hydrogens (tertiary/aromatic N) is 1. The summed E-state index contributed by atoms with van der Waals surface area (Å²) >= 11 is 0. The third-order valence-electron chi connectivity index (χ3n) is 4.97. The van der Waals surface area contributed by atoms with E-state index in [1.54, 1.807) is 6.07 Å². The van der Waals surface area contributed by atoms with Crippen molar-refractivity contribution in [1.82, 2.24) is 9.88 Å². The SMILES string of the molecule is Nc1c2c(cc(=O)n1-c1c(F)cccc1OC1CCCCC1)C(=O)NC2=O. The lowest BCUT2D eigenvalue weighted by molar-refractivity contribution is 0.0880. The highest BCUT2D eigenvalue weighted by atomic mass is 19.1. The number of hydrogen-bond acceptors (Lipinski definition) is 5. The highest BCUT2D eigenvalue weighted by Gasteiger charge is 2.33. The number of nitrogens with one attached hydrogen (secondary N) is 1. The lowest BCUT2D eigenvalue weighted by Crippen LogP contribution is -2.27. The van der Waals surface area contributed by atoms with Gasteiger partial charge in [-0.25, -0.2) is 4.39 Å². The summed E-state index contributed by atoms with van der Waals surface area (Å²) in [5.74, 6) is -2.23. The van der Waals surface area contributed by atoms with E-state index in [1.165, 1.54) is 12.1 Å². The molecule has 1 aromatic heterocycles. The van der Waals surface area contributed by atoms with Crippen molar-refractivity contribution in [3.8, 4) is 11.4 Å². The fourth-order valence-electron chi connectivity index (χ4n) is 3.68. The smallest absolute Gasteiger partial charge is 0.262 e. The van der Waals surface area contributed by atoms with Gasteiger partial charge < -0.3 is 10.5 Å². The van der Waals surface area contributed by atoms with Crippen molar-refractivity contribution in [3.05, 3.63) is 51.6 Å². The lowest BCUT2D eigenvalue weighted by atomic mass is 9.98. The number of ether oxygens (including phenoxy) is 1. The molecule has 0 bridgehead atoms. The van der Waals surface area contributed by atoms with Crippen LogP contribution < -0.4 is 21.3 Å². The molecule has 1 aliphatic carbocycles. The summed E-state index contributed by atoms with van der Waals surface area (Å²) in [7, 11) is 0. The van der Waals surface area contributed by atoms with Crippen molar-refractivity contribution < 1.29 is 18.7 Å². The molecule has 140 valence electrons. The molecule has 27 heavy (non-hydrogen) atoms. The standard InChI is InChI=1S/C19H18FN3O4/c20-12-7-4-8-13(27-10-5-2-1-3-6-10)16(12)23-14(24)9-11-15(17(23)21)19(26)22-18(11)25/h4,7-10H,1-3,5-6,21H2,(H,22,25,26). The number of rotatable bonds is 3. The van der Waals surface area contributed by atoms with E-state index >= 15 is 0 Å². The van der Waals surface area contributed by atoms with Crippen LogP contribution in [0.15, 0.2) is 29.1 Å². The minimum atomic E-state index is -0.715. The maximum Gasteiger partial charge on any atom is 0.262 e. The molecule has 1 fully saturated rings. The first-order valence-electron chi connectivity index (χ1n) is 8.84. The van der Waals surface area contributed by atoms with Gasteiger partial charge in [0, 0.05) is 6.07 Å². The Bertz CT molecular complexity index is 1010. The Morgan fingerprint density at radius 2 is 1.85 bits per heavy atom. The van der Waals surface area contributed by atoms with Crippen LogP contribution in [-0.2, 0) is 0 Å². The van der Waals surface area contributed by atoms with Crippen molar-refractivity contribution in [2.75, 3.05) is 5.73 Å². The number of benzene rings is 1. The molecule has 1 aromatic carbocycles. The molecule has 8 heteroatoms. The molecule has 0 atom stereocenters. The van der Waals surface area contributed by atoms with Crippen molar-refractivity contribution in [1.29, 1.82) is 0 Å². The van der Waals surface area contributed by atoms with Crippen molar-refractivity contribution in [2.45, 2.75) is 38.2 Å². The average molecular weight is 371 g/mol. The van der Waals surface area contributed by atoms with Gasteiger partial charge >= 0.3 is 0 Å². The molecular weight excluding hydrogens is 353 g/mol. The second kappa shape index (κ2) is 6.53. The monoisotopic (exact) mass is 371 g/mol. The normalized spacial score (nSPS) is 16.9. The molecule has 3 N–H and O–H groups in total. The van der Waals surface area contributed by atoms with Gasteiger partial charge in [-0.15, -0.1) is 0 Å². The number of para-hydroxylation sites is 1. The van der Waals surface area contributed by atoms with Crippen LogP contribution in [0.2, 0.25) is 0 Å². The number of halogens is 1. The van der Waals surface area contributed by atoms with Gasteiger partial charge in [0.2, 0.25) is 0 Å². The Kier molecular flexibility index (Phi) is 4.18. The summed E-state index contributed by atoms with van der Waals surface area (Å²) in [6.07, 6.45) is 4.81. The predicted molar refractivity (Wildman–Crippen MR) is 95.7 cm³/mol. The summed E-state index contributed by atoms with van der Waals surface area (Å²) in [6, 6.07) is 5.23. The number of carbonyl (C=O) groups is 2. The molecule has 4 rings (SSSR count). The number of fused-ring (bicyclic) bond motifs is 1. The number of carbonyl (C=O) groups excluding carboxylic acids is 2. The summed E-state index contributed by atoms with van der Waals surface area (Å²) in [5, 5.41) is 2.09. The molecule has 0 unspecified atom stereocenters. The molecule has 0 saturated heterocycles. The molecule has 1 saturated carbocycles. The Hall–Kier alpha value is -3.16. The maximum absolute atomic E-state index is 14.7. The second-order valence-corrected chi connectivity index (χ2v) is 6.74. The lowest BCUT2D eigenvalue weighted by Gasteiger charge is -2.25. The summed E-state index contributed by atoms with van der Waals surface area (Å²) < 4.78 is 21.6. The van der Waals surface area contributed by atoms with Gasteiger partial charge in [-0.3, -0.25) is 24.3 Å². The van der Waals surface area contributed by atoms with E-state index in [2.05, 4.69) is 5.32 Å². The zero-order chi connectivity index (χ0) is 19.1. The number of nitrogen functional groups attached to an aromatic ring is 1. The zero-order valence-corrected chi connectivity index (χ0v) is 14.5. The van der Waals surface area contributed by atoms with E-state index in [9.17, 15) is 18.8 Å². The third-order valence-corrected chi connectivity index (χ3v) is 4.97. The van der Waals surface area contributed by atoms with Gasteiger partial charge in [0.15, 0.2) is 5.82 Å². The number of anilines is 1. The van der Waals surface area contributed by atoms with Gasteiger partial charge in [-0.1, -0.05) is 12.5 Å². The topological polar surface area (TPSA) is 103 Å². The highest BCUT2D eigenvalue weighted by molar-refractivity contribution is 6.23. The van der Waals surface area contributed by atoms with Crippen LogP contribution in [-0.4, -0.2) is 22.5 Å². The van der Waals surface area contributed by atoms with E-state index in [1.807, 2.05) is 0 Å². The maximum atomic E-state index is 14.7. The highest BCUT2D eigenvalue weighted by Crippen LogP contribution is 2.32. The van der Waals surface area contributed by atoms with Crippen LogP contribution in [0, 0.1) is 5.82 Å². The van der Waals surface area contributed by atoms with Crippen LogP contribution in [0.1, 0.15) is 52.8 Å². The Morgan fingerprint density at radius 1 is 1.11 bits per heavy atom. The summed E-state index contributed by atoms with van der Waals surface area (Å²) in [6.45, 7) is 0. The fraction of sp³-hybridized carbons (Fsp3) is 0.316. The number of hydrogen-bond donors (Lipinski definition) is 2. The van der Waals surface area contributed by atoms with E-state index in [0.29, 0.717) is 0 Å². The number of pyridine rings is 1. The van der Waals surface area contributed by atoms with Crippen molar-refractivity contribution >= 4 is 17.6 Å². The molecule has 1 aliphatic heterocycles. The zero-order valence-electron chi connectivity index (χ0n) is 14.5. The van der Waals surface area contributed by atoms with Crippen LogP contribution in [0.5, 0.6) is 5.75 Å². The molecule has 2 heterocycles. The largest absolute Gasteiger partial charge is 0.488 e. The third kappa shape index (κ3) is 2.87. The van der Waals surface area contributed by atoms with Crippen LogP contribution >= 0.6 is 0 Å². The van der Waals surface area contributed by atoms with E-state index in [4.69, 9.17) is 10.5 Å². The number of nitrogens with two attached hydrogens (primary N) is 1. The number of amides is 2. The molecule has 0 spiro atoms. The molecule has 0 radical (unpaired) electrons. The first-order valence-corrected chi connectivity index (χ1v) is 8.84. The minimum absolute atomic E-state index is 0.0736. The number of imide groups is 1. The van der Waals surface area contributed by atoms with Gasteiger partial charge in [0.1, 0.15) is 17.3 Å². The molecular formula is C19H18FN3O4. The fourth-order valence-corrected chi connectivity index (χ4v) is 3.68. The molecule has 2 aliphatic rings. The van der Waals surface area contributed by atoms with Crippen molar-refractivity contribution in [2.24, 2.45) is 0 Å². The van der Waals surface area contributed by atoms with Crippen LogP contribution in [0.3, 0.4) is 0 Å². The molecule has 2 aromatic rings. The Balaban J connectivity index is 1.87. The summed E-state index contributed by atoms with van der Waals surface area (Å²) in [5.41, 5.74) is 4.91. The first-order chi connectivity index (χ1) is 13.0. The van der Waals surface area contributed by atoms with E-state index in [-0.39, 0.29) is 34.5 Å². The molecule has 7 nitrogen and oxygen atoms in total. The van der Waals surface area contributed by atoms with E-state index in [0.717, 1.165) is 42.7 Å². The Morgan fingerprint density at radius 3 is 2.59 bits per heavy atom. The summed E-state index contributed by atoms with van der Waals surface area (Å²) in [4.78, 5) is 36.4. The van der Waals surface area contributed by atoms with Crippen LogP contribution in [0.4, 0.5) is 10.2 Å². The second-order valence-electron chi connectivity index (χ2n) is 6.74. The first kappa shape index (κ1) is 17.3. The van der Waals surface area contributed by atoms with E-state index < -0.39 is 23.2 Å². The van der Waals surface area contributed by atoms with Crippen molar-refractivity contribution in [3.63, 3.8) is 0 Å². The van der Waals surface area contributed by atoms with Gasteiger partial charge in [-0.2, -0.15) is 0 Å².